The molecule has 0 aliphatic rings. The smallest absolute Gasteiger partial charge is 0.303 e. The maximum Gasteiger partial charge on any atom is 0.303 e. The molecule has 7 heteroatoms. The molecule has 0 bridgehead atoms. The molecule has 0 aromatic carbocycles. The first-order chi connectivity index (χ1) is 20.8. The molecule has 0 saturated heterocycles. The molecule has 252 valence electrons. The highest BCUT2D eigenvalue weighted by Gasteiger charge is 2.26. The summed E-state index contributed by atoms with van der Waals surface area (Å²) in [6, 6.07) is 0. The van der Waals surface area contributed by atoms with Gasteiger partial charge in [0.25, 0.3) is 0 Å². The molecule has 0 fully saturated rings. The average Bonchev–Trinajstić information content (AvgIpc) is 2.96. The van der Waals surface area contributed by atoms with Crippen LogP contribution in [0, 0.1) is 0 Å². The van der Waals surface area contributed by atoms with E-state index >= 15 is 0 Å². The molecular weight excluding hydrogens is 542 g/mol. The molecule has 0 aliphatic carbocycles. The van der Waals surface area contributed by atoms with Gasteiger partial charge in [-0.1, -0.05) is 89.7 Å². The zero-order valence-electron chi connectivity index (χ0n) is 27.9. The first kappa shape index (κ1) is 41.1. The molecule has 3 N–H and O–H groups in total. The Balaban J connectivity index is 4.34. The van der Waals surface area contributed by atoms with Gasteiger partial charge in [-0.3, -0.25) is 14.4 Å². The number of carboxylic acid groups (broad SMARTS) is 3. The van der Waals surface area contributed by atoms with Gasteiger partial charge in [0.05, 0.1) is 26.2 Å². The SMILES string of the molecule is CCCCCCCCCCCCCC/C=C/CCCCC[N+](CCCCC(=O)O)(CCCCC(=O)O)CCCCC(=O)O. The molecule has 43 heavy (non-hydrogen) atoms. The zero-order chi connectivity index (χ0) is 31.9. The zero-order valence-corrected chi connectivity index (χ0v) is 27.9. The molecule has 0 saturated carbocycles. The number of hydrogen-bond donors (Lipinski definition) is 3. The number of quaternary nitrogens is 1. The van der Waals surface area contributed by atoms with Crippen molar-refractivity contribution < 1.29 is 34.2 Å². The predicted molar refractivity (Wildman–Crippen MR) is 177 cm³/mol. The van der Waals surface area contributed by atoms with Crippen molar-refractivity contribution >= 4 is 17.9 Å². The summed E-state index contributed by atoms with van der Waals surface area (Å²) in [4.78, 5) is 33.0. The summed E-state index contributed by atoms with van der Waals surface area (Å²) in [6.45, 7) is 5.91. The number of unbranched alkanes of at least 4 members (excludes halogenated alkanes) is 18. The lowest BCUT2D eigenvalue weighted by molar-refractivity contribution is -0.929. The number of allylic oxidation sites excluding steroid dienone is 2. The van der Waals surface area contributed by atoms with Crippen LogP contribution in [0.1, 0.15) is 174 Å². The van der Waals surface area contributed by atoms with Crippen molar-refractivity contribution in [2.75, 3.05) is 26.2 Å². The standard InChI is InChI=1S/C36H67NO6/c1-2-3-4-5-6-7-8-9-10-11-12-13-14-15-16-17-18-19-23-30-37(31-24-20-27-34(38)39,32-25-21-28-35(40)41)33-26-22-29-36(42)43/h15-16H,2-14,17-33H2,1H3,(H2-,38,39,40,41,42,43)/p+1/b16-15+. The van der Waals surface area contributed by atoms with E-state index in [-0.39, 0.29) is 19.3 Å². The Morgan fingerprint density at radius 2 is 0.698 bits per heavy atom. The van der Waals surface area contributed by atoms with Crippen LogP contribution >= 0.6 is 0 Å². The van der Waals surface area contributed by atoms with E-state index in [1.807, 2.05) is 0 Å². The second-order valence-electron chi connectivity index (χ2n) is 12.8. The number of aliphatic carboxylic acids is 3. The molecule has 0 heterocycles. The van der Waals surface area contributed by atoms with Crippen LogP contribution in [0.15, 0.2) is 12.2 Å². The quantitative estimate of drug-likeness (QED) is 0.0380. The number of hydrogen-bond acceptors (Lipinski definition) is 3. The van der Waals surface area contributed by atoms with Crippen molar-refractivity contribution in [3.63, 3.8) is 0 Å². The van der Waals surface area contributed by atoms with E-state index in [2.05, 4.69) is 19.1 Å². The third-order valence-electron chi connectivity index (χ3n) is 8.71. The van der Waals surface area contributed by atoms with E-state index in [1.54, 1.807) is 0 Å². The van der Waals surface area contributed by atoms with E-state index in [4.69, 9.17) is 15.3 Å². The van der Waals surface area contributed by atoms with Gasteiger partial charge in [0.15, 0.2) is 0 Å². The highest BCUT2D eigenvalue weighted by atomic mass is 16.4. The van der Waals surface area contributed by atoms with Crippen molar-refractivity contribution in [3.05, 3.63) is 12.2 Å². The summed E-state index contributed by atoms with van der Waals surface area (Å²) in [7, 11) is 0. The fraction of sp³-hybridized carbons (Fsp3) is 0.861. The van der Waals surface area contributed by atoms with Crippen molar-refractivity contribution in [2.45, 2.75) is 174 Å². The summed E-state index contributed by atoms with van der Waals surface area (Å²) in [5, 5.41) is 27.1. The Kier molecular flexibility index (Phi) is 28.8. The maximum atomic E-state index is 11.0. The van der Waals surface area contributed by atoms with Crippen LogP contribution in [-0.4, -0.2) is 63.9 Å². The van der Waals surface area contributed by atoms with Crippen LogP contribution in [0.25, 0.3) is 0 Å². The summed E-state index contributed by atoms with van der Waals surface area (Å²) in [6.07, 6.45) is 31.9. The predicted octanol–water partition coefficient (Wildman–Crippen LogP) is 9.78. The molecule has 0 amide bonds. The minimum atomic E-state index is -0.770. The largest absolute Gasteiger partial charge is 0.481 e. The normalized spacial score (nSPS) is 11.8. The van der Waals surface area contributed by atoms with E-state index in [1.165, 1.54) is 83.5 Å². The van der Waals surface area contributed by atoms with Crippen LogP contribution in [0.2, 0.25) is 0 Å². The lowest BCUT2D eigenvalue weighted by Crippen LogP contribution is -2.51. The topological polar surface area (TPSA) is 112 Å². The van der Waals surface area contributed by atoms with Gasteiger partial charge in [-0.2, -0.15) is 0 Å². The maximum absolute atomic E-state index is 11.0. The third-order valence-corrected chi connectivity index (χ3v) is 8.71. The van der Waals surface area contributed by atoms with Gasteiger partial charge in [0, 0.05) is 19.3 Å². The monoisotopic (exact) mass is 611 g/mol. The first-order valence-electron chi connectivity index (χ1n) is 18.0. The van der Waals surface area contributed by atoms with Gasteiger partial charge in [-0.15, -0.1) is 0 Å². The molecule has 0 aliphatic heterocycles. The molecular formula is C36H68NO6+. The summed E-state index contributed by atoms with van der Waals surface area (Å²) in [5.41, 5.74) is 0. The minimum Gasteiger partial charge on any atom is -0.481 e. The molecule has 0 aromatic rings. The highest BCUT2D eigenvalue weighted by molar-refractivity contribution is 5.67. The van der Waals surface area contributed by atoms with E-state index in [0.29, 0.717) is 19.3 Å². The van der Waals surface area contributed by atoms with Crippen molar-refractivity contribution in [3.8, 4) is 0 Å². The molecule has 7 nitrogen and oxygen atoms in total. The van der Waals surface area contributed by atoms with Crippen LogP contribution in [0.5, 0.6) is 0 Å². The molecule has 0 atom stereocenters. The third kappa shape index (κ3) is 29.9. The summed E-state index contributed by atoms with van der Waals surface area (Å²) >= 11 is 0. The molecule has 0 radical (unpaired) electrons. The van der Waals surface area contributed by atoms with Gasteiger partial charge in [0.1, 0.15) is 0 Å². The van der Waals surface area contributed by atoms with Gasteiger partial charge < -0.3 is 19.8 Å². The van der Waals surface area contributed by atoms with Crippen LogP contribution in [0.3, 0.4) is 0 Å². The van der Waals surface area contributed by atoms with Gasteiger partial charge in [-0.25, -0.2) is 0 Å². The molecule has 0 spiro atoms. The highest BCUT2D eigenvalue weighted by Crippen LogP contribution is 2.19. The Labute approximate surface area is 264 Å². The van der Waals surface area contributed by atoms with Crippen LogP contribution in [0.4, 0.5) is 0 Å². The second-order valence-corrected chi connectivity index (χ2v) is 12.8. The van der Waals surface area contributed by atoms with Crippen molar-refractivity contribution in [1.82, 2.24) is 0 Å². The lowest BCUT2D eigenvalue weighted by atomic mass is 10.0. The fourth-order valence-corrected chi connectivity index (χ4v) is 6.07. The number of rotatable bonds is 34. The number of carbonyl (C=O) groups is 3. The Morgan fingerprint density at radius 3 is 1.02 bits per heavy atom. The first-order valence-corrected chi connectivity index (χ1v) is 18.0. The van der Waals surface area contributed by atoms with Gasteiger partial charge >= 0.3 is 17.9 Å². The lowest BCUT2D eigenvalue weighted by Gasteiger charge is -2.39. The number of carboxylic acids is 3. The van der Waals surface area contributed by atoms with Gasteiger partial charge in [0.2, 0.25) is 0 Å². The van der Waals surface area contributed by atoms with Gasteiger partial charge in [-0.05, 0) is 77.0 Å². The van der Waals surface area contributed by atoms with E-state index in [0.717, 1.165) is 75.6 Å². The Bertz CT molecular complexity index is 653. The summed E-state index contributed by atoms with van der Waals surface area (Å²) < 4.78 is 0.855. The summed E-state index contributed by atoms with van der Waals surface area (Å²) in [5.74, 6) is -2.31. The minimum absolute atomic E-state index is 0.170. The molecule has 0 rings (SSSR count). The number of nitrogens with zero attached hydrogens (tertiary/aromatic N) is 1. The van der Waals surface area contributed by atoms with Crippen molar-refractivity contribution in [2.24, 2.45) is 0 Å². The molecule has 0 unspecified atom stereocenters. The Hall–Kier alpha value is -1.89. The van der Waals surface area contributed by atoms with Crippen molar-refractivity contribution in [1.29, 1.82) is 0 Å². The van der Waals surface area contributed by atoms with Crippen LogP contribution in [-0.2, 0) is 14.4 Å². The average molecular weight is 611 g/mol. The van der Waals surface area contributed by atoms with E-state index in [9.17, 15) is 14.4 Å². The second kappa shape index (κ2) is 30.1. The molecule has 0 aromatic heterocycles. The van der Waals surface area contributed by atoms with E-state index < -0.39 is 17.9 Å². The van der Waals surface area contributed by atoms with Crippen LogP contribution < -0.4 is 0 Å². The Morgan fingerprint density at radius 1 is 0.419 bits per heavy atom. The fourth-order valence-electron chi connectivity index (χ4n) is 6.07.